The number of thiophene rings is 1. The van der Waals surface area contributed by atoms with Crippen molar-refractivity contribution in [1.82, 2.24) is 4.57 Å². The standard InChI is InChI=1S/C25H18BrClN2O4S2/c1-3-32-24(31)21-13(2)28-25-29(22(21)19-5-4-10-34-19)23(30)20(35-25)12-15-7-9-18(33-15)14-6-8-16(26)17(27)11-14/h4-12,22H,3H2,1-2H3/b20-12-. The van der Waals surface area contributed by atoms with Crippen LogP contribution in [0.4, 0.5) is 0 Å². The highest BCUT2D eigenvalue weighted by Gasteiger charge is 2.33. The van der Waals surface area contributed by atoms with Gasteiger partial charge >= 0.3 is 5.97 Å². The fourth-order valence-corrected chi connectivity index (χ4v) is 6.15. The van der Waals surface area contributed by atoms with Crippen LogP contribution in [-0.4, -0.2) is 17.1 Å². The molecule has 1 aromatic carbocycles. The molecule has 0 bridgehead atoms. The van der Waals surface area contributed by atoms with Crippen LogP contribution in [0.15, 0.2) is 77.8 Å². The summed E-state index contributed by atoms with van der Waals surface area (Å²) in [5, 5.41) is 2.50. The van der Waals surface area contributed by atoms with E-state index in [0.717, 1.165) is 14.9 Å². The number of halogens is 2. The third-order valence-electron chi connectivity index (χ3n) is 5.43. The van der Waals surface area contributed by atoms with Crippen LogP contribution < -0.4 is 14.9 Å². The molecule has 1 unspecified atom stereocenters. The predicted molar refractivity (Wildman–Crippen MR) is 142 cm³/mol. The zero-order chi connectivity index (χ0) is 24.7. The second-order valence-electron chi connectivity index (χ2n) is 7.65. The molecule has 0 radical (unpaired) electrons. The fourth-order valence-electron chi connectivity index (χ4n) is 3.87. The number of esters is 1. The summed E-state index contributed by atoms with van der Waals surface area (Å²) in [6.07, 6.45) is 1.70. The van der Waals surface area contributed by atoms with Crippen molar-refractivity contribution >= 4 is 62.2 Å². The number of rotatable bonds is 5. The van der Waals surface area contributed by atoms with Crippen molar-refractivity contribution in [2.24, 2.45) is 4.99 Å². The van der Waals surface area contributed by atoms with Crippen LogP contribution in [0.1, 0.15) is 30.5 Å². The molecule has 1 atom stereocenters. The minimum Gasteiger partial charge on any atom is -0.463 e. The Kier molecular flexibility index (Phi) is 6.67. The van der Waals surface area contributed by atoms with Gasteiger partial charge in [0.25, 0.3) is 5.56 Å². The number of hydrogen-bond donors (Lipinski definition) is 0. The SMILES string of the molecule is CCOC(=O)C1=C(C)N=c2s/c(=C\c3ccc(-c4ccc(Br)c(Cl)c4)o3)c(=O)n2C1c1cccs1. The summed E-state index contributed by atoms with van der Waals surface area (Å²) in [7, 11) is 0. The van der Waals surface area contributed by atoms with E-state index in [-0.39, 0.29) is 12.2 Å². The van der Waals surface area contributed by atoms with Gasteiger partial charge < -0.3 is 9.15 Å². The van der Waals surface area contributed by atoms with Crippen LogP contribution in [0, 0.1) is 0 Å². The van der Waals surface area contributed by atoms with Crippen molar-refractivity contribution in [2.45, 2.75) is 19.9 Å². The number of allylic oxidation sites excluding steroid dienone is 1. The van der Waals surface area contributed by atoms with Gasteiger partial charge in [-0.2, -0.15) is 0 Å². The highest BCUT2D eigenvalue weighted by molar-refractivity contribution is 9.10. The molecule has 0 aliphatic carbocycles. The topological polar surface area (TPSA) is 73.8 Å². The smallest absolute Gasteiger partial charge is 0.338 e. The summed E-state index contributed by atoms with van der Waals surface area (Å²) >= 11 is 12.3. The summed E-state index contributed by atoms with van der Waals surface area (Å²) in [4.78, 5) is 32.4. The molecule has 0 amide bonds. The van der Waals surface area contributed by atoms with Crippen molar-refractivity contribution < 1.29 is 13.9 Å². The number of benzene rings is 1. The minimum absolute atomic E-state index is 0.238. The Morgan fingerprint density at radius 2 is 2.14 bits per heavy atom. The second-order valence-corrected chi connectivity index (χ2v) is 10.9. The Balaban J connectivity index is 1.61. The highest BCUT2D eigenvalue weighted by atomic mass is 79.9. The van der Waals surface area contributed by atoms with Crippen molar-refractivity contribution in [1.29, 1.82) is 0 Å². The normalized spacial score (nSPS) is 15.8. The first-order chi connectivity index (χ1) is 16.9. The summed E-state index contributed by atoms with van der Waals surface area (Å²) in [6, 6.07) is 12.4. The van der Waals surface area contributed by atoms with Crippen molar-refractivity contribution in [3.8, 4) is 11.3 Å². The molecule has 1 aliphatic rings. The van der Waals surface area contributed by atoms with Gasteiger partial charge in [-0.15, -0.1) is 11.3 Å². The number of furan rings is 1. The van der Waals surface area contributed by atoms with Crippen LogP contribution in [0.2, 0.25) is 5.02 Å². The van der Waals surface area contributed by atoms with Crippen LogP contribution in [-0.2, 0) is 9.53 Å². The number of thiazole rings is 1. The number of nitrogens with zero attached hydrogens (tertiary/aromatic N) is 2. The Labute approximate surface area is 221 Å². The van der Waals surface area contributed by atoms with Crippen LogP contribution in [0.5, 0.6) is 0 Å². The van der Waals surface area contributed by atoms with Crippen molar-refractivity contribution in [3.05, 3.63) is 98.9 Å². The number of carbonyl (C=O) groups excluding carboxylic acids is 1. The highest BCUT2D eigenvalue weighted by Crippen LogP contribution is 2.33. The monoisotopic (exact) mass is 588 g/mol. The summed E-state index contributed by atoms with van der Waals surface area (Å²) in [5.41, 5.74) is 1.50. The average Bonchev–Trinajstić information content (AvgIpc) is 3.57. The minimum atomic E-state index is -0.593. The first-order valence-corrected chi connectivity index (χ1v) is 13.5. The molecule has 10 heteroatoms. The maximum absolute atomic E-state index is 13.6. The summed E-state index contributed by atoms with van der Waals surface area (Å²) < 4.78 is 14.1. The number of carbonyl (C=O) groups is 1. The molecule has 6 nitrogen and oxygen atoms in total. The molecule has 0 spiro atoms. The Morgan fingerprint density at radius 1 is 1.31 bits per heavy atom. The van der Waals surface area contributed by atoms with E-state index in [4.69, 9.17) is 20.8 Å². The molecule has 5 rings (SSSR count). The molecule has 1 aliphatic heterocycles. The number of ether oxygens (including phenoxy) is 1. The van der Waals surface area contributed by atoms with Crippen LogP contribution in [0.25, 0.3) is 17.4 Å². The molecular formula is C25H18BrClN2O4S2. The average molecular weight is 590 g/mol. The van der Waals surface area contributed by atoms with Gasteiger partial charge in [-0.3, -0.25) is 9.36 Å². The fraction of sp³-hybridized carbons (Fsp3) is 0.160. The molecule has 0 N–H and O–H groups in total. The van der Waals surface area contributed by atoms with Gasteiger partial charge in [0.2, 0.25) is 0 Å². The van der Waals surface area contributed by atoms with E-state index in [1.807, 2.05) is 41.8 Å². The van der Waals surface area contributed by atoms with Crippen LogP contribution in [0.3, 0.4) is 0 Å². The number of fused-ring (bicyclic) bond motifs is 1. The van der Waals surface area contributed by atoms with Gasteiger partial charge in [-0.25, -0.2) is 9.79 Å². The Morgan fingerprint density at radius 3 is 2.86 bits per heavy atom. The molecule has 4 aromatic rings. The van der Waals surface area contributed by atoms with Gasteiger partial charge in [0.05, 0.1) is 27.4 Å². The molecule has 0 saturated heterocycles. The van der Waals surface area contributed by atoms with E-state index in [2.05, 4.69) is 20.9 Å². The van der Waals surface area contributed by atoms with Crippen LogP contribution >= 0.6 is 50.2 Å². The van der Waals surface area contributed by atoms with Crippen molar-refractivity contribution in [3.63, 3.8) is 0 Å². The van der Waals surface area contributed by atoms with Gasteiger partial charge in [-0.05, 0) is 65.5 Å². The third-order valence-corrected chi connectivity index (χ3v) is 8.57. The maximum Gasteiger partial charge on any atom is 0.338 e. The first-order valence-electron chi connectivity index (χ1n) is 10.7. The molecule has 0 fully saturated rings. The lowest BCUT2D eigenvalue weighted by atomic mass is 10.0. The van der Waals surface area contributed by atoms with Crippen molar-refractivity contribution in [2.75, 3.05) is 6.61 Å². The van der Waals surface area contributed by atoms with Gasteiger partial charge in [0.1, 0.15) is 17.6 Å². The second kappa shape index (κ2) is 9.73. The van der Waals surface area contributed by atoms with Gasteiger partial charge in [0.15, 0.2) is 4.80 Å². The van der Waals surface area contributed by atoms with E-state index >= 15 is 0 Å². The zero-order valence-corrected chi connectivity index (χ0v) is 22.6. The number of hydrogen-bond acceptors (Lipinski definition) is 7. The molecule has 3 aromatic heterocycles. The summed E-state index contributed by atoms with van der Waals surface area (Å²) in [6.45, 7) is 3.76. The third kappa shape index (κ3) is 4.49. The van der Waals surface area contributed by atoms with E-state index in [1.54, 1.807) is 30.6 Å². The molecular weight excluding hydrogens is 572 g/mol. The van der Waals surface area contributed by atoms with Gasteiger partial charge in [-0.1, -0.05) is 35.1 Å². The quantitative estimate of drug-likeness (QED) is 0.287. The van der Waals surface area contributed by atoms with E-state index in [0.29, 0.717) is 37.1 Å². The van der Waals surface area contributed by atoms with E-state index < -0.39 is 12.0 Å². The maximum atomic E-state index is 13.6. The number of aromatic nitrogens is 1. The van der Waals surface area contributed by atoms with E-state index in [9.17, 15) is 9.59 Å². The molecule has 0 saturated carbocycles. The van der Waals surface area contributed by atoms with E-state index in [1.165, 1.54) is 22.7 Å². The Hall–Kier alpha value is -2.72. The first kappa shape index (κ1) is 24.0. The Bertz CT molecular complexity index is 1650. The predicted octanol–water partition coefficient (Wildman–Crippen LogP) is 5.54. The lowest BCUT2D eigenvalue weighted by molar-refractivity contribution is -0.139. The lowest BCUT2D eigenvalue weighted by Crippen LogP contribution is -2.39. The molecule has 35 heavy (non-hydrogen) atoms. The largest absolute Gasteiger partial charge is 0.463 e. The zero-order valence-electron chi connectivity index (χ0n) is 18.6. The molecule has 4 heterocycles. The van der Waals surface area contributed by atoms with Gasteiger partial charge in [0, 0.05) is 21.0 Å². The lowest BCUT2D eigenvalue weighted by Gasteiger charge is -2.23. The summed E-state index contributed by atoms with van der Waals surface area (Å²) in [5.74, 6) is 0.693. The molecule has 178 valence electrons.